The van der Waals surface area contributed by atoms with Crippen LogP contribution in [0.25, 0.3) is 138 Å². The SMILES string of the molecule is N#Cc1ccc2c(c1)c1cc(C#N)ccc1n2-c1cnc2c(c1)C1(c3ccccc3Sc3ccccc31)c1cc(-n3c4ccccc4c4ccncc43)cnc1-2.[C-]#[N+]c1ccc2c(c1)c1ccccc1n2-c1cnc2c(c1)C1(c3ccccc3Sc3ccccc31)c1cc(-n3c4ccc(C#N)cc4c4cc(C#N)ncc43)cnc1-2. The maximum atomic E-state index is 9.84. The van der Waals surface area contributed by atoms with Crippen LogP contribution in [0.4, 0.5) is 5.69 Å². The predicted octanol–water partition coefficient (Wildman–Crippen LogP) is 21.8. The summed E-state index contributed by atoms with van der Waals surface area (Å²) in [6.07, 6.45) is 13.3. The first-order valence-electron chi connectivity index (χ1n) is 36.9. The lowest BCUT2D eigenvalue weighted by molar-refractivity contribution is 0.718. The van der Waals surface area contributed by atoms with E-state index in [0.29, 0.717) is 28.1 Å². The van der Waals surface area contributed by atoms with Crippen LogP contribution >= 0.6 is 23.5 Å². The zero-order valence-corrected chi connectivity index (χ0v) is 61.4. The Hall–Kier alpha value is -15.6. The van der Waals surface area contributed by atoms with Gasteiger partial charge in [-0.3, -0.25) is 24.9 Å². The lowest BCUT2D eigenvalue weighted by atomic mass is 9.67. The van der Waals surface area contributed by atoms with E-state index in [1.165, 1.54) is 20.9 Å². The van der Waals surface area contributed by atoms with Crippen LogP contribution in [-0.2, 0) is 10.8 Å². The minimum Gasteiger partial charge on any atom is -0.308 e. The maximum Gasteiger partial charge on any atom is 0.188 e. The van der Waals surface area contributed by atoms with Crippen LogP contribution in [0.3, 0.4) is 0 Å². The Bertz CT molecular complexity index is 7710. The molecule has 17 heteroatoms. The third-order valence-corrected chi connectivity index (χ3v) is 25.7. The van der Waals surface area contributed by atoms with Crippen molar-refractivity contribution < 1.29 is 0 Å². The molecule has 10 aromatic heterocycles. The largest absolute Gasteiger partial charge is 0.308 e. The molecule has 0 N–H and O–H groups in total. The van der Waals surface area contributed by atoms with Gasteiger partial charge in [0.15, 0.2) is 5.69 Å². The van der Waals surface area contributed by atoms with E-state index in [0.717, 1.165) is 176 Å². The Kier molecular flexibility index (Phi) is 13.7. The van der Waals surface area contributed by atoms with E-state index in [1.807, 2.05) is 122 Å². The van der Waals surface area contributed by atoms with Gasteiger partial charge in [0.1, 0.15) is 11.8 Å². The minimum absolute atomic E-state index is 0.306. The highest BCUT2D eigenvalue weighted by Gasteiger charge is 2.54. The topological polar surface area (TPSA) is 197 Å². The standard InChI is InChI=1S/C49H24N8S.C48H25N7S/c1-52-29-15-17-43-35(19-29)33-8-2-5-11-41(33)56(43)31-21-39-47(54-25-31)48-40(49(39)37-9-3-6-12-45(37)58-46-13-7-4-10-38(46)49)22-32(26-55-48)57-42-16-14-28(23-50)18-34(42)36-20-30(24-51)53-27-44(36)57;49-23-28-13-15-41-34(19-28)35-20-29(24-50)14-16-42(35)54(41)30-21-38-46(52-25-30)47-39(48(38)36-8-2-5-11-44(36)56-45-12-6-3-9-37(45)48)22-31(26-53-47)55-40-10-4-1-7-32(40)33-17-18-51-27-43(33)55/h2-22,25-27H;1-22,25-27H. The van der Waals surface area contributed by atoms with Gasteiger partial charge in [-0.25, -0.2) is 9.83 Å². The molecule has 20 aromatic rings. The second-order valence-electron chi connectivity index (χ2n) is 28.9. The van der Waals surface area contributed by atoms with Crippen molar-refractivity contribution in [2.75, 3.05) is 0 Å². The van der Waals surface area contributed by atoms with Gasteiger partial charge < -0.3 is 18.3 Å². The van der Waals surface area contributed by atoms with Crippen LogP contribution in [0.15, 0.2) is 318 Å². The molecule has 24 rings (SSSR count). The van der Waals surface area contributed by atoms with Gasteiger partial charge in [0.25, 0.3) is 0 Å². The van der Waals surface area contributed by atoms with E-state index in [9.17, 15) is 21.0 Å². The number of fused-ring (bicyclic) bond motifs is 30. The molecule has 0 radical (unpaired) electrons. The Balaban J connectivity index is 0.000000135. The molecule has 0 saturated heterocycles. The number of rotatable bonds is 4. The molecule has 12 heterocycles. The molecule has 0 saturated carbocycles. The molecule has 2 aliphatic carbocycles. The number of hydrogen-bond donors (Lipinski definition) is 0. The normalized spacial score (nSPS) is 13.3. The molecule has 2 spiro atoms. The molecule has 0 amide bonds. The molecule has 524 valence electrons. The van der Waals surface area contributed by atoms with Crippen molar-refractivity contribution in [2.24, 2.45) is 0 Å². The zero-order valence-electron chi connectivity index (χ0n) is 59.8. The average Bonchev–Trinajstić information content (AvgIpc) is 1.50. The van der Waals surface area contributed by atoms with Crippen molar-refractivity contribution in [1.82, 2.24) is 48.2 Å². The molecular formula is C97H49N15S2. The van der Waals surface area contributed by atoms with Gasteiger partial charge in [-0.15, -0.1) is 0 Å². The van der Waals surface area contributed by atoms with Crippen molar-refractivity contribution in [3.8, 4) is 69.8 Å². The summed E-state index contributed by atoms with van der Waals surface area (Å²) in [6, 6.07) is 96.7. The van der Waals surface area contributed by atoms with Crippen LogP contribution in [0.2, 0.25) is 0 Å². The highest BCUT2D eigenvalue weighted by atomic mass is 32.2. The Morgan fingerprint density at radius 1 is 0.289 bits per heavy atom. The van der Waals surface area contributed by atoms with Gasteiger partial charge in [0.05, 0.1) is 179 Å². The molecule has 4 aliphatic rings. The molecular weight excluding hydrogens is 1440 g/mol. The molecule has 15 nitrogen and oxygen atoms in total. The van der Waals surface area contributed by atoms with Crippen molar-refractivity contribution in [1.29, 1.82) is 21.0 Å². The summed E-state index contributed by atoms with van der Waals surface area (Å²) in [5.74, 6) is 0. The van der Waals surface area contributed by atoms with E-state index in [1.54, 1.807) is 35.8 Å². The van der Waals surface area contributed by atoms with E-state index in [4.69, 9.17) is 26.5 Å². The van der Waals surface area contributed by atoms with Crippen LogP contribution in [0.5, 0.6) is 0 Å². The molecule has 0 atom stereocenters. The van der Waals surface area contributed by atoms with E-state index in [2.05, 4.69) is 221 Å². The van der Waals surface area contributed by atoms with Crippen LogP contribution in [0.1, 0.15) is 66.9 Å². The number of aromatic nitrogens is 10. The first kappa shape index (κ1) is 64.4. The minimum atomic E-state index is -0.788. The van der Waals surface area contributed by atoms with Crippen LogP contribution < -0.4 is 0 Å². The Labute approximate surface area is 657 Å². The lowest BCUT2D eigenvalue weighted by Crippen LogP contribution is -2.32. The highest BCUT2D eigenvalue weighted by molar-refractivity contribution is 7.99. The smallest absolute Gasteiger partial charge is 0.188 e. The molecule has 114 heavy (non-hydrogen) atoms. The fourth-order valence-electron chi connectivity index (χ4n) is 18.8. The average molecular weight is 1490 g/mol. The van der Waals surface area contributed by atoms with Gasteiger partial charge in [-0.05, 0) is 167 Å². The van der Waals surface area contributed by atoms with Gasteiger partial charge >= 0.3 is 0 Å². The van der Waals surface area contributed by atoms with Gasteiger partial charge in [0.2, 0.25) is 0 Å². The Morgan fingerprint density at radius 2 is 0.623 bits per heavy atom. The van der Waals surface area contributed by atoms with Gasteiger partial charge in [0, 0.05) is 85.7 Å². The summed E-state index contributed by atoms with van der Waals surface area (Å²) in [5, 5.41) is 47.2. The van der Waals surface area contributed by atoms with E-state index in [-0.39, 0.29) is 0 Å². The molecule has 0 bridgehead atoms. The summed E-state index contributed by atoms with van der Waals surface area (Å²) in [4.78, 5) is 38.7. The molecule has 2 aliphatic heterocycles. The van der Waals surface area contributed by atoms with Gasteiger partial charge in [-0.2, -0.15) is 21.0 Å². The number of para-hydroxylation sites is 2. The number of nitrogens with zero attached hydrogens (tertiary/aromatic N) is 15. The Morgan fingerprint density at radius 3 is 1.03 bits per heavy atom. The second-order valence-corrected chi connectivity index (χ2v) is 31.0. The third kappa shape index (κ3) is 8.77. The summed E-state index contributed by atoms with van der Waals surface area (Å²) >= 11 is 3.58. The van der Waals surface area contributed by atoms with Crippen LogP contribution in [0, 0.1) is 51.9 Å². The van der Waals surface area contributed by atoms with Crippen molar-refractivity contribution >= 4 is 116 Å². The predicted molar refractivity (Wildman–Crippen MR) is 445 cm³/mol. The number of benzene rings is 10. The van der Waals surface area contributed by atoms with Gasteiger partial charge in [-0.1, -0.05) is 139 Å². The fourth-order valence-corrected chi connectivity index (χ4v) is 21.2. The number of nitriles is 4. The first-order valence-corrected chi connectivity index (χ1v) is 38.6. The summed E-state index contributed by atoms with van der Waals surface area (Å²) in [7, 11) is 0. The summed E-state index contributed by atoms with van der Waals surface area (Å²) in [5.41, 5.74) is 24.5. The highest BCUT2D eigenvalue weighted by Crippen LogP contribution is 2.64. The van der Waals surface area contributed by atoms with E-state index >= 15 is 0 Å². The van der Waals surface area contributed by atoms with Crippen LogP contribution in [-0.4, -0.2) is 48.2 Å². The fraction of sp³-hybridized carbons (Fsp3) is 0.0206. The van der Waals surface area contributed by atoms with E-state index < -0.39 is 10.8 Å². The number of pyridine rings is 6. The maximum absolute atomic E-state index is 9.84. The quantitative estimate of drug-likeness (QED) is 0.151. The molecule has 0 fully saturated rings. The first-order chi connectivity index (χ1) is 56.3. The number of hydrogen-bond acceptors (Lipinski definition) is 12. The molecule has 10 aromatic carbocycles. The summed E-state index contributed by atoms with van der Waals surface area (Å²) in [6.45, 7) is 7.72. The zero-order chi connectivity index (χ0) is 75.8. The molecule has 0 unspecified atom stereocenters. The lowest BCUT2D eigenvalue weighted by Gasteiger charge is -2.39. The third-order valence-electron chi connectivity index (χ3n) is 23.4. The van der Waals surface area contributed by atoms with Crippen molar-refractivity contribution in [3.63, 3.8) is 0 Å². The van der Waals surface area contributed by atoms with Crippen molar-refractivity contribution in [3.05, 3.63) is 376 Å². The second kappa shape index (κ2) is 24.2. The van der Waals surface area contributed by atoms with Crippen molar-refractivity contribution in [2.45, 2.75) is 30.4 Å². The monoisotopic (exact) mass is 1490 g/mol. The summed E-state index contributed by atoms with van der Waals surface area (Å²) < 4.78 is 8.87.